The van der Waals surface area contributed by atoms with Crippen LogP contribution in [0.1, 0.15) is 0 Å². The van der Waals surface area contributed by atoms with E-state index in [2.05, 4.69) is 6.58 Å². The summed E-state index contributed by atoms with van der Waals surface area (Å²) in [6.45, 7) is 4.52. The van der Waals surface area contributed by atoms with Crippen molar-refractivity contribution in [2.24, 2.45) is 0 Å². The summed E-state index contributed by atoms with van der Waals surface area (Å²) >= 11 is 0. The average molecular weight is 191 g/mol. The van der Waals surface area contributed by atoms with E-state index in [1.807, 2.05) is 0 Å². The minimum absolute atomic E-state index is 0.139. The molecule has 0 aromatic heterocycles. The van der Waals surface area contributed by atoms with Gasteiger partial charge in [0, 0.05) is 20.2 Å². The van der Waals surface area contributed by atoms with Gasteiger partial charge in [0.05, 0.1) is 12.4 Å². The summed E-state index contributed by atoms with van der Waals surface area (Å²) in [6.07, 6.45) is 1.05. The standard InChI is InChI=1S/C7H13NO3S/c1-6-4-8(12(3,9)10)5-7(6)11-2/h7H,1,4-5H2,2-3H3/t7-/m0/s1. The van der Waals surface area contributed by atoms with E-state index in [1.54, 1.807) is 7.11 Å². The van der Waals surface area contributed by atoms with Crippen LogP contribution in [-0.4, -0.2) is 45.3 Å². The fourth-order valence-electron chi connectivity index (χ4n) is 1.20. The quantitative estimate of drug-likeness (QED) is 0.569. The Kier molecular flexibility index (Phi) is 2.55. The van der Waals surface area contributed by atoms with Gasteiger partial charge in [-0.25, -0.2) is 8.42 Å². The average Bonchev–Trinajstić information content (AvgIpc) is 2.29. The van der Waals surface area contributed by atoms with Gasteiger partial charge < -0.3 is 4.74 Å². The molecule has 1 rings (SSSR count). The van der Waals surface area contributed by atoms with E-state index >= 15 is 0 Å². The van der Waals surface area contributed by atoms with Crippen LogP contribution in [0.3, 0.4) is 0 Å². The first-order valence-corrected chi connectivity index (χ1v) is 5.45. The highest BCUT2D eigenvalue weighted by molar-refractivity contribution is 7.88. The maximum Gasteiger partial charge on any atom is 0.211 e. The predicted octanol–water partition coefficient (Wildman–Crippen LogP) is -0.167. The van der Waals surface area contributed by atoms with E-state index in [4.69, 9.17) is 4.74 Å². The molecule has 1 aliphatic rings. The van der Waals surface area contributed by atoms with Gasteiger partial charge >= 0.3 is 0 Å². The monoisotopic (exact) mass is 191 g/mol. The second-order valence-corrected chi connectivity index (χ2v) is 4.92. The molecule has 70 valence electrons. The molecule has 0 amide bonds. The van der Waals surface area contributed by atoms with Gasteiger partial charge in [-0.3, -0.25) is 0 Å². The number of rotatable bonds is 2. The van der Waals surface area contributed by atoms with E-state index in [0.29, 0.717) is 13.1 Å². The number of ether oxygens (including phenoxy) is 1. The second-order valence-electron chi connectivity index (χ2n) is 2.94. The lowest BCUT2D eigenvalue weighted by Crippen LogP contribution is -2.28. The summed E-state index contributed by atoms with van der Waals surface area (Å²) in [5, 5.41) is 0. The van der Waals surface area contributed by atoms with Crippen molar-refractivity contribution in [3.8, 4) is 0 Å². The Morgan fingerprint density at radius 2 is 2.25 bits per heavy atom. The maximum atomic E-state index is 11.1. The lowest BCUT2D eigenvalue weighted by molar-refractivity contribution is 0.138. The van der Waals surface area contributed by atoms with Crippen LogP contribution in [0.25, 0.3) is 0 Å². The van der Waals surface area contributed by atoms with Crippen molar-refractivity contribution in [1.29, 1.82) is 0 Å². The van der Waals surface area contributed by atoms with Gasteiger partial charge in [-0.15, -0.1) is 0 Å². The molecule has 0 saturated carbocycles. The van der Waals surface area contributed by atoms with Crippen molar-refractivity contribution in [2.75, 3.05) is 26.5 Å². The first-order chi connectivity index (χ1) is 5.45. The molecule has 0 N–H and O–H groups in total. The second kappa shape index (κ2) is 3.16. The third-order valence-electron chi connectivity index (χ3n) is 1.96. The Morgan fingerprint density at radius 1 is 1.67 bits per heavy atom. The zero-order valence-corrected chi connectivity index (χ0v) is 8.10. The van der Waals surface area contributed by atoms with Crippen molar-refractivity contribution < 1.29 is 13.2 Å². The van der Waals surface area contributed by atoms with E-state index in [9.17, 15) is 8.42 Å². The van der Waals surface area contributed by atoms with Crippen molar-refractivity contribution in [3.63, 3.8) is 0 Å². The number of methoxy groups -OCH3 is 1. The largest absolute Gasteiger partial charge is 0.376 e. The summed E-state index contributed by atoms with van der Waals surface area (Å²) in [6, 6.07) is 0. The molecule has 1 saturated heterocycles. The Balaban J connectivity index is 2.73. The van der Waals surface area contributed by atoms with E-state index in [1.165, 1.54) is 10.6 Å². The van der Waals surface area contributed by atoms with Crippen molar-refractivity contribution in [2.45, 2.75) is 6.10 Å². The molecule has 0 spiro atoms. The molecule has 0 aromatic carbocycles. The van der Waals surface area contributed by atoms with Crippen LogP contribution in [0.2, 0.25) is 0 Å². The Bertz CT molecular complexity index is 283. The molecule has 1 atom stereocenters. The molecule has 1 fully saturated rings. The van der Waals surface area contributed by atoms with Gasteiger partial charge in [-0.05, 0) is 5.57 Å². The minimum atomic E-state index is -3.09. The molecule has 0 radical (unpaired) electrons. The predicted molar refractivity (Wildman–Crippen MR) is 46.4 cm³/mol. The van der Waals surface area contributed by atoms with Crippen molar-refractivity contribution in [1.82, 2.24) is 4.31 Å². The molecule has 0 aliphatic carbocycles. The van der Waals surface area contributed by atoms with Gasteiger partial charge in [0.2, 0.25) is 10.0 Å². The highest BCUT2D eigenvalue weighted by Gasteiger charge is 2.31. The van der Waals surface area contributed by atoms with Gasteiger partial charge in [-0.2, -0.15) is 4.31 Å². The van der Waals surface area contributed by atoms with Gasteiger partial charge in [0.1, 0.15) is 0 Å². The number of nitrogens with zero attached hydrogens (tertiary/aromatic N) is 1. The third-order valence-corrected chi connectivity index (χ3v) is 3.17. The molecule has 0 unspecified atom stereocenters. The molecule has 5 heteroatoms. The fourth-order valence-corrected chi connectivity index (χ4v) is 2.01. The first kappa shape index (κ1) is 9.70. The van der Waals surface area contributed by atoms with E-state index in [0.717, 1.165) is 5.57 Å². The Morgan fingerprint density at radius 3 is 2.50 bits per heavy atom. The number of hydrogen-bond acceptors (Lipinski definition) is 3. The summed E-state index contributed by atoms with van der Waals surface area (Å²) in [7, 11) is -1.53. The molecular weight excluding hydrogens is 178 g/mol. The van der Waals surface area contributed by atoms with Crippen LogP contribution in [0.15, 0.2) is 12.2 Å². The van der Waals surface area contributed by atoms with Crippen molar-refractivity contribution in [3.05, 3.63) is 12.2 Å². The SMILES string of the molecule is C=C1CN(S(C)(=O)=O)C[C@@H]1OC. The molecule has 0 aromatic rings. The Hall–Kier alpha value is -0.390. The first-order valence-electron chi connectivity index (χ1n) is 3.60. The summed E-state index contributed by atoms with van der Waals surface area (Å²) in [5.41, 5.74) is 0.822. The summed E-state index contributed by atoms with van der Waals surface area (Å²) in [5.74, 6) is 0. The molecule has 1 heterocycles. The normalized spacial score (nSPS) is 26.5. The maximum absolute atomic E-state index is 11.1. The lowest BCUT2D eigenvalue weighted by Gasteiger charge is -2.11. The zero-order chi connectivity index (χ0) is 9.35. The van der Waals surface area contributed by atoms with E-state index in [-0.39, 0.29) is 6.10 Å². The summed E-state index contributed by atoms with van der Waals surface area (Å²) in [4.78, 5) is 0. The molecule has 1 aliphatic heterocycles. The molecule has 4 nitrogen and oxygen atoms in total. The highest BCUT2D eigenvalue weighted by atomic mass is 32.2. The van der Waals surface area contributed by atoms with Crippen LogP contribution in [0.4, 0.5) is 0 Å². The number of hydrogen-bond donors (Lipinski definition) is 0. The van der Waals surface area contributed by atoms with Gasteiger partial charge in [0.15, 0.2) is 0 Å². The number of sulfonamides is 1. The smallest absolute Gasteiger partial charge is 0.211 e. The highest BCUT2D eigenvalue weighted by Crippen LogP contribution is 2.18. The topological polar surface area (TPSA) is 46.6 Å². The fraction of sp³-hybridized carbons (Fsp3) is 0.714. The Labute approximate surface area is 72.9 Å². The van der Waals surface area contributed by atoms with Crippen molar-refractivity contribution >= 4 is 10.0 Å². The minimum Gasteiger partial charge on any atom is -0.376 e. The van der Waals surface area contributed by atoms with Crippen LogP contribution in [0.5, 0.6) is 0 Å². The van der Waals surface area contributed by atoms with E-state index < -0.39 is 10.0 Å². The molecular formula is C7H13NO3S. The van der Waals surface area contributed by atoms with Crippen LogP contribution in [-0.2, 0) is 14.8 Å². The van der Waals surface area contributed by atoms with Gasteiger partial charge in [-0.1, -0.05) is 6.58 Å². The van der Waals surface area contributed by atoms with Crippen LogP contribution >= 0.6 is 0 Å². The molecule has 0 bridgehead atoms. The third kappa shape index (κ3) is 1.85. The molecule has 12 heavy (non-hydrogen) atoms. The van der Waals surface area contributed by atoms with Gasteiger partial charge in [0.25, 0.3) is 0 Å². The zero-order valence-electron chi connectivity index (χ0n) is 7.28. The van der Waals surface area contributed by atoms with Crippen LogP contribution < -0.4 is 0 Å². The summed E-state index contributed by atoms with van der Waals surface area (Å²) < 4.78 is 28.5. The van der Waals surface area contributed by atoms with Crippen LogP contribution in [0, 0.1) is 0 Å². The lowest BCUT2D eigenvalue weighted by atomic mass is 10.2.